The lowest BCUT2D eigenvalue weighted by molar-refractivity contribution is -0.144. The molecule has 4 N–H and O–H groups in total. The van der Waals surface area contributed by atoms with Gasteiger partial charge in [-0.25, -0.2) is 4.79 Å². The van der Waals surface area contributed by atoms with Crippen LogP contribution < -0.4 is 11.1 Å². The van der Waals surface area contributed by atoms with Crippen LogP contribution in [0.4, 0.5) is 0 Å². The number of carbonyl (C=O) groups is 3. The van der Waals surface area contributed by atoms with Crippen molar-refractivity contribution in [2.45, 2.75) is 45.2 Å². The Bertz CT molecular complexity index is 384. The van der Waals surface area contributed by atoms with Crippen LogP contribution in [0.2, 0.25) is 0 Å². The Morgan fingerprint density at radius 1 is 1.40 bits per heavy atom. The van der Waals surface area contributed by atoms with E-state index in [4.69, 9.17) is 10.8 Å². The van der Waals surface area contributed by atoms with Crippen molar-refractivity contribution in [2.75, 3.05) is 13.1 Å². The Labute approximate surface area is 118 Å². The van der Waals surface area contributed by atoms with Gasteiger partial charge in [-0.15, -0.1) is 0 Å². The fourth-order valence-corrected chi connectivity index (χ4v) is 2.42. The average molecular weight is 285 g/mol. The summed E-state index contributed by atoms with van der Waals surface area (Å²) < 4.78 is 0. The van der Waals surface area contributed by atoms with Gasteiger partial charge in [-0.05, 0) is 25.2 Å². The van der Waals surface area contributed by atoms with Gasteiger partial charge < -0.3 is 21.1 Å². The molecule has 0 unspecified atom stereocenters. The lowest BCUT2D eigenvalue weighted by Gasteiger charge is -2.25. The standard InChI is InChI=1S/C13H23N3O4/c1-8(2)6-9(13(19)20)15-12(18)10-4-3-5-16(10)11(17)7-14/h8-10H,3-7,14H2,1-2H3,(H,15,18)(H,19,20)/t9-,10+/m1/s1. The molecule has 0 radical (unpaired) electrons. The first-order chi connectivity index (χ1) is 9.36. The summed E-state index contributed by atoms with van der Waals surface area (Å²) in [4.78, 5) is 36.4. The van der Waals surface area contributed by atoms with Crippen molar-refractivity contribution in [2.24, 2.45) is 11.7 Å². The lowest BCUT2D eigenvalue weighted by atomic mass is 10.0. The van der Waals surface area contributed by atoms with Gasteiger partial charge in [-0.1, -0.05) is 13.8 Å². The zero-order valence-corrected chi connectivity index (χ0v) is 12.0. The van der Waals surface area contributed by atoms with E-state index >= 15 is 0 Å². The number of carboxylic acids is 1. The Kier molecular flexibility index (Phi) is 5.94. The van der Waals surface area contributed by atoms with Crippen molar-refractivity contribution < 1.29 is 19.5 Å². The quantitative estimate of drug-likeness (QED) is 0.612. The van der Waals surface area contributed by atoms with E-state index in [0.717, 1.165) is 6.42 Å². The lowest BCUT2D eigenvalue weighted by Crippen LogP contribution is -2.52. The minimum absolute atomic E-state index is 0.141. The van der Waals surface area contributed by atoms with E-state index < -0.39 is 24.0 Å². The number of nitrogens with one attached hydrogen (secondary N) is 1. The predicted molar refractivity (Wildman–Crippen MR) is 72.8 cm³/mol. The molecule has 7 nitrogen and oxygen atoms in total. The fourth-order valence-electron chi connectivity index (χ4n) is 2.42. The maximum Gasteiger partial charge on any atom is 0.326 e. The zero-order chi connectivity index (χ0) is 15.3. The van der Waals surface area contributed by atoms with Crippen LogP contribution in [0.5, 0.6) is 0 Å². The van der Waals surface area contributed by atoms with Crippen LogP contribution in [0.15, 0.2) is 0 Å². The molecule has 1 heterocycles. The molecule has 0 saturated carbocycles. The first kappa shape index (κ1) is 16.4. The topological polar surface area (TPSA) is 113 Å². The van der Waals surface area contributed by atoms with E-state index in [9.17, 15) is 14.4 Å². The molecule has 1 aliphatic heterocycles. The van der Waals surface area contributed by atoms with Gasteiger partial charge in [0.1, 0.15) is 12.1 Å². The number of aliphatic carboxylic acids is 1. The summed E-state index contributed by atoms with van der Waals surface area (Å²) in [6, 6.07) is -1.52. The number of hydrogen-bond donors (Lipinski definition) is 3. The van der Waals surface area contributed by atoms with Crippen LogP contribution in [0.25, 0.3) is 0 Å². The highest BCUT2D eigenvalue weighted by Gasteiger charge is 2.35. The van der Waals surface area contributed by atoms with Crippen LogP contribution in [-0.2, 0) is 14.4 Å². The third kappa shape index (κ3) is 4.19. The summed E-state index contributed by atoms with van der Waals surface area (Å²) in [6.07, 6.45) is 1.63. The molecule has 7 heteroatoms. The maximum atomic E-state index is 12.2. The number of nitrogens with two attached hydrogens (primary N) is 1. The van der Waals surface area contributed by atoms with Crippen molar-refractivity contribution in [1.29, 1.82) is 0 Å². The van der Waals surface area contributed by atoms with Gasteiger partial charge >= 0.3 is 5.97 Å². The summed E-state index contributed by atoms with van der Waals surface area (Å²) in [5, 5.41) is 11.6. The average Bonchev–Trinajstić information content (AvgIpc) is 2.85. The molecule has 1 fully saturated rings. The van der Waals surface area contributed by atoms with Crippen molar-refractivity contribution >= 4 is 17.8 Å². The highest BCUT2D eigenvalue weighted by Crippen LogP contribution is 2.18. The Morgan fingerprint density at radius 3 is 2.55 bits per heavy atom. The fraction of sp³-hybridized carbons (Fsp3) is 0.769. The Hall–Kier alpha value is -1.63. The highest BCUT2D eigenvalue weighted by molar-refractivity contribution is 5.91. The van der Waals surface area contributed by atoms with Crippen molar-refractivity contribution in [3.63, 3.8) is 0 Å². The van der Waals surface area contributed by atoms with Crippen molar-refractivity contribution in [3.8, 4) is 0 Å². The van der Waals surface area contributed by atoms with Gasteiger partial charge in [0.2, 0.25) is 11.8 Å². The summed E-state index contributed by atoms with van der Waals surface area (Å²) in [5.41, 5.74) is 5.31. The molecule has 0 aromatic rings. The van der Waals surface area contributed by atoms with Gasteiger partial charge in [0.15, 0.2) is 0 Å². The Balaban J connectivity index is 2.68. The van der Waals surface area contributed by atoms with E-state index in [2.05, 4.69) is 5.32 Å². The van der Waals surface area contributed by atoms with E-state index in [1.807, 2.05) is 13.8 Å². The second-order valence-electron chi connectivity index (χ2n) is 5.48. The first-order valence-corrected chi connectivity index (χ1v) is 6.89. The van der Waals surface area contributed by atoms with Crippen molar-refractivity contribution in [1.82, 2.24) is 10.2 Å². The number of amides is 2. The number of rotatable bonds is 6. The molecule has 1 saturated heterocycles. The molecule has 0 spiro atoms. The number of hydrogen-bond acceptors (Lipinski definition) is 4. The molecule has 0 aliphatic carbocycles. The molecule has 0 aromatic heterocycles. The van der Waals surface area contributed by atoms with Gasteiger partial charge in [0.25, 0.3) is 0 Å². The molecule has 2 amide bonds. The van der Waals surface area contributed by atoms with Crippen LogP contribution in [0.3, 0.4) is 0 Å². The molecule has 1 rings (SSSR count). The van der Waals surface area contributed by atoms with Gasteiger partial charge in [-0.2, -0.15) is 0 Å². The predicted octanol–water partition coefficient (Wildman–Crippen LogP) is -0.448. The summed E-state index contributed by atoms with van der Waals surface area (Å²) in [7, 11) is 0. The molecule has 0 bridgehead atoms. The van der Waals surface area contributed by atoms with Crippen LogP contribution >= 0.6 is 0 Å². The summed E-state index contributed by atoms with van der Waals surface area (Å²) >= 11 is 0. The minimum atomic E-state index is -1.05. The largest absolute Gasteiger partial charge is 0.480 e. The third-order valence-electron chi connectivity index (χ3n) is 3.37. The third-order valence-corrected chi connectivity index (χ3v) is 3.37. The SMILES string of the molecule is CC(C)C[C@@H](NC(=O)[C@@H]1CCCN1C(=O)CN)C(=O)O. The maximum absolute atomic E-state index is 12.2. The smallest absolute Gasteiger partial charge is 0.326 e. The first-order valence-electron chi connectivity index (χ1n) is 6.89. The summed E-state index contributed by atoms with van der Waals surface area (Å²) in [6.45, 7) is 4.14. The van der Waals surface area contributed by atoms with E-state index in [1.165, 1.54) is 4.90 Å². The molecule has 114 valence electrons. The second kappa shape index (κ2) is 7.23. The number of likely N-dealkylation sites (tertiary alicyclic amines) is 1. The van der Waals surface area contributed by atoms with Gasteiger partial charge in [0.05, 0.1) is 6.54 Å². The Morgan fingerprint density at radius 2 is 2.05 bits per heavy atom. The van der Waals surface area contributed by atoms with E-state index in [1.54, 1.807) is 0 Å². The number of carboxylic acid groups (broad SMARTS) is 1. The van der Waals surface area contributed by atoms with Crippen LogP contribution in [0.1, 0.15) is 33.1 Å². The van der Waals surface area contributed by atoms with Crippen LogP contribution in [0, 0.1) is 5.92 Å². The van der Waals surface area contributed by atoms with E-state index in [0.29, 0.717) is 19.4 Å². The van der Waals surface area contributed by atoms with E-state index in [-0.39, 0.29) is 18.4 Å². The highest BCUT2D eigenvalue weighted by atomic mass is 16.4. The molecular weight excluding hydrogens is 262 g/mol. The zero-order valence-electron chi connectivity index (χ0n) is 12.0. The minimum Gasteiger partial charge on any atom is -0.480 e. The molecule has 20 heavy (non-hydrogen) atoms. The molecule has 0 aromatic carbocycles. The summed E-state index contributed by atoms with van der Waals surface area (Å²) in [5.74, 6) is -1.58. The van der Waals surface area contributed by atoms with Crippen molar-refractivity contribution in [3.05, 3.63) is 0 Å². The van der Waals surface area contributed by atoms with Gasteiger partial charge in [-0.3, -0.25) is 9.59 Å². The normalized spacial score (nSPS) is 20.0. The molecular formula is C13H23N3O4. The molecule has 2 atom stereocenters. The molecule has 1 aliphatic rings. The number of carbonyl (C=O) groups excluding carboxylic acids is 2. The second-order valence-corrected chi connectivity index (χ2v) is 5.48. The monoisotopic (exact) mass is 285 g/mol. The van der Waals surface area contributed by atoms with Gasteiger partial charge in [0, 0.05) is 6.54 Å². The van der Waals surface area contributed by atoms with Crippen LogP contribution in [-0.4, -0.2) is 53.0 Å². The number of nitrogens with zero attached hydrogens (tertiary/aromatic N) is 1.